The molecule has 1 aliphatic heterocycles. The Kier molecular flexibility index (Phi) is 4.52. The van der Waals surface area contributed by atoms with Gasteiger partial charge in [-0.2, -0.15) is 0 Å². The summed E-state index contributed by atoms with van der Waals surface area (Å²) in [4.78, 5) is 2.36. The van der Waals surface area contributed by atoms with E-state index in [1.807, 2.05) is 18.2 Å². The molecular formula is C15H22ClNO. The van der Waals surface area contributed by atoms with Gasteiger partial charge in [-0.05, 0) is 43.4 Å². The van der Waals surface area contributed by atoms with E-state index in [-0.39, 0.29) is 0 Å². The molecule has 2 rings (SSSR count). The lowest BCUT2D eigenvalue weighted by Gasteiger charge is -2.34. The summed E-state index contributed by atoms with van der Waals surface area (Å²) in [5.41, 5.74) is 1.99. The van der Waals surface area contributed by atoms with Crippen molar-refractivity contribution in [3.8, 4) is 0 Å². The first-order chi connectivity index (χ1) is 8.61. The molecule has 0 amide bonds. The van der Waals surface area contributed by atoms with Crippen LogP contribution in [-0.4, -0.2) is 18.2 Å². The number of aliphatic hydroxyl groups excluding tert-OH is 1. The molecule has 0 spiro atoms. The standard InChI is InChI=1S/C15H22ClNO/c1-3-12-6-8-17(9-7-12)15-5-4-13(11(2)18)10-14(15)16/h4-5,10-12,18H,3,6-9H2,1-2H3/t11-/m0/s1. The van der Waals surface area contributed by atoms with Crippen LogP contribution in [0.25, 0.3) is 0 Å². The molecule has 0 bridgehead atoms. The van der Waals surface area contributed by atoms with E-state index in [1.165, 1.54) is 19.3 Å². The van der Waals surface area contributed by atoms with Crippen molar-refractivity contribution in [2.24, 2.45) is 5.92 Å². The Morgan fingerprint density at radius 2 is 2.06 bits per heavy atom. The number of hydrogen-bond acceptors (Lipinski definition) is 2. The van der Waals surface area contributed by atoms with Crippen molar-refractivity contribution in [1.29, 1.82) is 0 Å². The van der Waals surface area contributed by atoms with E-state index < -0.39 is 6.10 Å². The first kappa shape index (κ1) is 13.7. The summed E-state index contributed by atoms with van der Waals surface area (Å²) in [6.45, 7) is 6.21. The van der Waals surface area contributed by atoms with Gasteiger partial charge in [-0.25, -0.2) is 0 Å². The number of benzene rings is 1. The lowest BCUT2D eigenvalue weighted by Crippen LogP contribution is -2.33. The fraction of sp³-hybridized carbons (Fsp3) is 0.600. The van der Waals surface area contributed by atoms with Gasteiger partial charge in [-0.1, -0.05) is 31.0 Å². The number of halogens is 1. The minimum atomic E-state index is -0.456. The summed E-state index contributed by atoms with van der Waals surface area (Å²) in [5.74, 6) is 0.872. The second kappa shape index (κ2) is 5.94. The van der Waals surface area contributed by atoms with Crippen molar-refractivity contribution in [2.75, 3.05) is 18.0 Å². The van der Waals surface area contributed by atoms with Crippen LogP contribution in [0.3, 0.4) is 0 Å². The number of rotatable bonds is 3. The zero-order chi connectivity index (χ0) is 13.1. The highest BCUT2D eigenvalue weighted by atomic mass is 35.5. The SMILES string of the molecule is CCC1CCN(c2ccc([C@H](C)O)cc2Cl)CC1. The van der Waals surface area contributed by atoms with Crippen LogP contribution in [0, 0.1) is 5.92 Å². The van der Waals surface area contributed by atoms with Gasteiger partial charge in [0.05, 0.1) is 16.8 Å². The average molecular weight is 268 g/mol. The van der Waals surface area contributed by atoms with E-state index in [4.69, 9.17) is 11.6 Å². The van der Waals surface area contributed by atoms with Crippen molar-refractivity contribution >= 4 is 17.3 Å². The van der Waals surface area contributed by atoms with Crippen LogP contribution in [0.4, 0.5) is 5.69 Å². The van der Waals surface area contributed by atoms with Crippen molar-refractivity contribution in [3.05, 3.63) is 28.8 Å². The van der Waals surface area contributed by atoms with Gasteiger partial charge in [-0.3, -0.25) is 0 Å². The molecule has 1 atom stereocenters. The van der Waals surface area contributed by atoms with E-state index >= 15 is 0 Å². The van der Waals surface area contributed by atoms with Gasteiger partial charge in [0, 0.05) is 13.1 Å². The van der Waals surface area contributed by atoms with Crippen LogP contribution >= 0.6 is 11.6 Å². The maximum Gasteiger partial charge on any atom is 0.0762 e. The molecule has 0 radical (unpaired) electrons. The number of nitrogens with zero attached hydrogens (tertiary/aromatic N) is 1. The van der Waals surface area contributed by atoms with Crippen LogP contribution in [0.5, 0.6) is 0 Å². The zero-order valence-electron chi connectivity index (χ0n) is 11.2. The summed E-state index contributed by atoms with van der Waals surface area (Å²) in [6, 6.07) is 5.89. The first-order valence-corrected chi connectivity index (χ1v) is 7.22. The number of piperidine rings is 1. The van der Waals surface area contributed by atoms with E-state index in [2.05, 4.69) is 11.8 Å². The van der Waals surface area contributed by atoms with Crippen molar-refractivity contribution in [3.63, 3.8) is 0 Å². The monoisotopic (exact) mass is 267 g/mol. The van der Waals surface area contributed by atoms with Gasteiger partial charge in [0.2, 0.25) is 0 Å². The van der Waals surface area contributed by atoms with Crippen LogP contribution in [0.15, 0.2) is 18.2 Å². The molecule has 1 heterocycles. The van der Waals surface area contributed by atoms with Crippen molar-refractivity contribution in [1.82, 2.24) is 0 Å². The van der Waals surface area contributed by atoms with E-state index in [1.54, 1.807) is 6.92 Å². The van der Waals surface area contributed by atoms with Crippen LogP contribution in [0.1, 0.15) is 44.8 Å². The molecule has 0 aromatic heterocycles. The summed E-state index contributed by atoms with van der Waals surface area (Å²) in [6.07, 6.45) is 3.33. The molecule has 1 fully saturated rings. The highest BCUT2D eigenvalue weighted by Gasteiger charge is 2.19. The van der Waals surface area contributed by atoms with Crippen molar-refractivity contribution < 1.29 is 5.11 Å². The second-order valence-electron chi connectivity index (χ2n) is 5.23. The highest BCUT2D eigenvalue weighted by molar-refractivity contribution is 6.33. The summed E-state index contributed by atoms with van der Waals surface area (Å²) >= 11 is 6.32. The van der Waals surface area contributed by atoms with Gasteiger partial charge in [0.1, 0.15) is 0 Å². The molecular weight excluding hydrogens is 246 g/mol. The predicted molar refractivity (Wildman–Crippen MR) is 77.3 cm³/mol. The largest absolute Gasteiger partial charge is 0.389 e. The molecule has 0 unspecified atom stereocenters. The average Bonchev–Trinajstić information content (AvgIpc) is 2.38. The van der Waals surface area contributed by atoms with E-state index in [9.17, 15) is 5.11 Å². The molecule has 1 aliphatic rings. The molecule has 100 valence electrons. The fourth-order valence-electron chi connectivity index (χ4n) is 2.62. The maximum atomic E-state index is 9.54. The Morgan fingerprint density at radius 1 is 1.39 bits per heavy atom. The quantitative estimate of drug-likeness (QED) is 0.894. The molecule has 3 heteroatoms. The normalized spacial score (nSPS) is 19.0. The highest BCUT2D eigenvalue weighted by Crippen LogP contribution is 2.32. The predicted octanol–water partition coefficient (Wildman–Crippen LogP) is 4.02. The molecule has 0 saturated carbocycles. The van der Waals surface area contributed by atoms with Crippen LogP contribution < -0.4 is 4.90 Å². The summed E-state index contributed by atoms with van der Waals surface area (Å²) < 4.78 is 0. The van der Waals surface area contributed by atoms with Gasteiger partial charge in [0.15, 0.2) is 0 Å². The molecule has 1 aromatic carbocycles. The minimum absolute atomic E-state index is 0.456. The Hall–Kier alpha value is -0.730. The lowest BCUT2D eigenvalue weighted by molar-refractivity contribution is 0.199. The second-order valence-corrected chi connectivity index (χ2v) is 5.63. The summed E-state index contributed by atoms with van der Waals surface area (Å²) in [5, 5.41) is 10.3. The van der Waals surface area contributed by atoms with Gasteiger partial charge in [0.25, 0.3) is 0 Å². The minimum Gasteiger partial charge on any atom is -0.389 e. The third-order valence-electron chi connectivity index (χ3n) is 3.99. The third-order valence-corrected chi connectivity index (χ3v) is 4.29. The van der Waals surface area contributed by atoms with Gasteiger partial charge < -0.3 is 10.0 Å². The number of hydrogen-bond donors (Lipinski definition) is 1. The van der Waals surface area contributed by atoms with E-state index in [0.717, 1.165) is 35.3 Å². The fourth-order valence-corrected chi connectivity index (χ4v) is 2.93. The number of anilines is 1. The molecule has 1 N–H and O–H groups in total. The third kappa shape index (κ3) is 2.99. The van der Waals surface area contributed by atoms with E-state index in [0.29, 0.717) is 0 Å². The lowest BCUT2D eigenvalue weighted by atomic mass is 9.94. The van der Waals surface area contributed by atoms with Gasteiger partial charge in [-0.15, -0.1) is 0 Å². The van der Waals surface area contributed by atoms with Crippen LogP contribution in [-0.2, 0) is 0 Å². The topological polar surface area (TPSA) is 23.5 Å². The maximum absolute atomic E-state index is 9.54. The Balaban J connectivity index is 2.10. The first-order valence-electron chi connectivity index (χ1n) is 6.84. The number of aliphatic hydroxyl groups is 1. The molecule has 0 aliphatic carbocycles. The molecule has 2 nitrogen and oxygen atoms in total. The van der Waals surface area contributed by atoms with Crippen LogP contribution in [0.2, 0.25) is 5.02 Å². The Morgan fingerprint density at radius 3 is 2.56 bits per heavy atom. The Bertz CT molecular complexity index is 397. The summed E-state index contributed by atoms with van der Waals surface area (Å²) in [7, 11) is 0. The molecule has 18 heavy (non-hydrogen) atoms. The Labute approximate surface area is 115 Å². The smallest absolute Gasteiger partial charge is 0.0762 e. The molecule has 1 aromatic rings. The van der Waals surface area contributed by atoms with Crippen molar-refractivity contribution in [2.45, 2.75) is 39.2 Å². The molecule has 1 saturated heterocycles. The zero-order valence-corrected chi connectivity index (χ0v) is 12.0. The van der Waals surface area contributed by atoms with Gasteiger partial charge >= 0.3 is 0 Å².